The van der Waals surface area contributed by atoms with Gasteiger partial charge in [-0.25, -0.2) is 4.98 Å². The van der Waals surface area contributed by atoms with E-state index < -0.39 is 0 Å². The zero-order chi connectivity index (χ0) is 13.9. The van der Waals surface area contributed by atoms with Crippen molar-refractivity contribution in [2.24, 2.45) is 0 Å². The Bertz CT molecular complexity index is 568. The number of methoxy groups -OCH3 is 1. The third-order valence-electron chi connectivity index (χ3n) is 3.50. The van der Waals surface area contributed by atoms with Gasteiger partial charge in [0.05, 0.1) is 31.9 Å². The fraction of sp³-hybridized carbons (Fsp3) is 0.400. The second-order valence-corrected chi connectivity index (χ2v) is 4.92. The van der Waals surface area contributed by atoms with Crippen LogP contribution in [0.5, 0.6) is 11.5 Å². The highest BCUT2D eigenvalue weighted by Gasteiger charge is 2.25. The van der Waals surface area contributed by atoms with Crippen molar-refractivity contribution in [3.63, 3.8) is 0 Å². The van der Waals surface area contributed by atoms with Crippen LogP contribution in [0.2, 0.25) is 0 Å². The second kappa shape index (κ2) is 5.54. The minimum Gasteiger partial charge on any atom is -0.493 e. The molecule has 1 N–H and O–H groups in total. The number of nitrogens with zero attached hydrogens (tertiary/aromatic N) is 2. The molecule has 0 amide bonds. The number of ether oxygens (including phenoxy) is 2. The molecule has 1 heterocycles. The van der Waals surface area contributed by atoms with E-state index in [1.54, 1.807) is 7.11 Å². The lowest BCUT2D eigenvalue weighted by molar-refractivity contribution is 0.246. The molecule has 1 aliphatic rings. The van der Waals surface area contributed by atoms with E-state index in [2.05, 4.69) is 9.55 Å². The summed E-state index contributed by atoms with van der Waals surface area (Å²) in [5, 5.41) is 9.40. The van der Waals surface area contributed by atoms with Crippen molar-refractivity contribution in [1.82, 2.24) is 9.55 Å². The normalized spacial score (nSPS) is 14.3. The van der Waals surface area contributed by atoms with Gasteiger partial charge in [-0.3, -0.25) is 0 Å². The fourth-order valence-corrected chi connectivity index (χ4v) is 2.28. The van der Waals surface area contributed by atoms with Gasteiger partial charge in [-0.1, -0.05) is 12.1 Å². The SMILES string of the molecule is COc1cccc(CO)c1OCc1cncn1C1CC1. The van der Waals surface area contributed by atoms with Crippen molar-refractivity contribution in [3.8, 4) is 11.5 Å². The van der Waals surface area contributed by atoms with Crippen molar-refractivity contribution < 1.29 is 14.6 Å². The highest BCUT2D eigenvalue weighted by molar-refractivity contribution is 5.46. The first kappa shape index (κ1) is 13.0. The fourth-order valence-electron chi connectivity index (χ4n) is 2.28. The van der Waals surface area contributed by atoms with Gasteiger partial charge >= 0.3 is 0 Å². The Hall–Kier alpha value is -2.01. The number of aromatic nitrogens is 2. The molecule has 5 heteroatoms. The zero-order valence-corrected chi connectivity index (χ0v) is 11.5. The summed E-state index contributed by atoms with van der Waals surface area (Å²) < 4.78 is 13.3. The van der Waals surface area contributed by atoms with Gasteiger partial charge in [-0.2, -0.15) is 0 Å². The molecule has 2 aromatic rings. The van der Waals surface area contributed by atoms with Crippen LogP contribution in [-0.2, 0) is 13.2 Å². The van der Waals surface area contributed by atoms with Gasteiger partial charge < -0.3 is 19.1 Å². The van der Waals surface area contributed by atoms with Gasteiger partial charge in [0.25, 0.3) is 0 Å². The summed E-state index contributed by atoms with van der Waals surface area (Å²) in [6.45, 7) is 0.346. The maximum atomic E-state index is 9.40. The van der Waals surface area contributed by atoms with Gasteiger partial charge in [0.15, 0.2) is 11.5 Å². The largest absolute Gasteiger partial charge is 0.493 e. The van der Waals surface area contributed by atoms with Crippen LogP contribution in [0.15, 0.2) is 30.7 Å². The molecule has 0 radical (unpaired) electrons. The number of aliphatic hydroxyl groups excluding tert-OH is 1. The lowest BCUT2D eigenvalue weighted by Gasteiger charge is -2.14. The van der Waals surface area contributed by atoms with Crippen LogP contribution in [0.3, 0.4) is 0 Å². The molecule has 0 bridgehead atoms. The molecule has 0 atom stereocenters. The Morgan fingerprint density at radius 1 is 1.40 bits per heavy atom. The third-order valence-corrected chi connectivity index (χ3v) is 3.50. The quantitative estimate of drug-likeness (QED) is 0.878. The first-order chi connectivity index (χ1) is 9.83. The molecular weight excluding hydrogens is 256 g/mol. The van der Waals surface area contributed by atoms with Gasteiger partial charge in [0.1, 0.15) is 6.61 Å². The van der Waals surface area contributed by atoms with Gasteiger partial charge in [0.2, 0.25) is 0 Å². The number of para-hydroxylation sites is 1. The predicted molar refractivity (Wildman–Crippen MR) is 73.7 cm³/mol. The van der Waals surface area contributed by atoms with Crippen LogP contribution in [-0.4, -0.2) is 21.8 Å². The highest BCUT2D eigenvalue weighted by atomic mass is 16.5. The minimum atomic E-state index is -0.0750. The summed E-state index contributed by atoms with van der Waals surface area (Å²) in [7, 11) is 1.60. The number of hydrogen-bond acceptors (Lipinski definition) is 4. The molecule has 0 unspecified atom stereocenters. The van der Waals surface area contributed by atoms with Crippen LogP contribution < -0.4 is 9.47 Å². The summed E-state index contributed by atoms with van der Waals surface area (Å²) in [6.07, 6.45) is 6.09. The zero-order valence-electron chi connectivity index (χ0n) is 11.5. The van der Waals surface area contributed by atoms with E-state index >= 15 is 0 Å². The molecule has 0 saturated heterocycles. The molecule has 0 spiro atoms. The van der Waals surface area contributed by atoms with E-state index in [1.165, 1.54) is 12.8 Å². The minimum absolute atomic E-state index is 0.0750. The molecule has 1 aromatic heterocycles. The Kier molecular flexibility index (Phi) is 3.60. The topological polar surface area (TPSA) is 56.5 Å². The molecule has 1 aromatic carbocycles. The smallest absolute Gasteiger partial charge is 0.167 e. The first-order valence-electron chi connectivity index (χ1n) is 6.73. The standard InChI is InChI=1S/C15H18N2O3/c1-19-14-4-2-3-11(8-18)15(14)20-9-13-7-16-10-17(13)12-5-6-12/h2-4,7,10,12,18H,5-6,8-9H2,1H3. The third kappa shape index (κ3) is 2.49. The van der Waals surface area contributed by atoms with E-state index in [-0.39, 0.29) is 6.61 Å². The maximum Gasteiger partial charge on any atom is 0.167 e. The second-order valence-electron chi connectivity index (χ2n) is 4.92. The number of imidazole rings is 1. The number of benzene rings is 1. The van der Waals surface area contributed by atoms with Gasteiger partial charge in [-0.15, -0.1) is 0 Å². The van der Waals surface area contributed by atoms with E-state index in [9.17, 15) is 5.11 Å². The molecule has 20 heavy (non-hydrogen) atoms. The maximum absolute atomic E-state index is 9.40. The summed E-state index contributed by atoms with van der Waals surface area (Å²) in [4.78, 5) is 4.18. The monoisotopic (exact) mass is 274 g/mol. The van der Waals surface area contributed by atoms with E-state index in [4.69, 9.17) is 9.47 Å². The van der Waals surface area contributed by atoms with Gasteiger partial charge in [-0.05, 0) is 18.9 Å². The molecule has 1 fully saturated rings. The molecule has 5 nitrogen and oxygen atoms in total. The van der Waals surface area contributed by atoms with Crippen molar-refractivity contribution in [1.29, 1.82) is 0 Å². The van der Waals surface area contributed by atoms with E-state index in [0.717, 1.165) is 11.3 Å². The molecular formula is C15H18N2O3. The van der Waals surface area contributed by atoms with E-state index in [1.807, 2.05) is 30.7 Å². The van der Waals surface area contributed by atoms with Crippen molar-refractivity contribution >= 4 is 0 Å². The van der Waals surface area contributed by atoms with Gasteiger partial charge in [0, 0.05) is 11.6 Å². The van der Waals surface area contributed by atoms with Crippen molar-refractivity contribution in [2.75, 3.05) is 7.11 Å². The van der Waals surface area contributed by atoms with Crippen LogP contribution in [0.1, 0.15) is 30.1 Å². The Morgan fingerprint density at radius 3 is 2.95 bits per heavy atom. The van der Waals surface area contributed by atoms with Crippen LogP contribution in [0.25, 0.3) is 0 Å². The first-order valence-corrected chi connectivity index (χ1v) is 6.73. The molecule has 1 aliphatic carbocycles. The Morgan fingerprint density at radius 2 is 2.25 bits per heavy atom. The summed E-state index contributed by atoms with van der Waals surface area (Å²) in [5.74, 6) is 1.23. The van der Waals surface area contributed by atoms with Crippen molar-refractivity contribution in [3.05, 3.63) is 42.0 Å². The molecule has 3 rings (SSSR count). The van der Waals surface area contributed by atoms with Crippen LogP contribution in [0.4, 0.5) is 0 Å². The molecule has 106 valence electrons. The number of aliphatic hydroxyl groups is 1. The molecule has 0 aliphatic heterocycles. The summed E-state index contributed by atoms with van der Waals surface area (Å²) >= 11 is 0. The Balaban J connectivity index is 1.79. The average Bonchev–Trinajstić information content (AvgIpc) is 3.23. The number of hydrogen-bond donors (Lipinski definition) is 1. The molecule has 1 saturated carbocycles. The number of rotatable bonds is 6. The average molecular weight is 274 g/mol. The summed E-state index contributed by atoms with van der Waals surface area (Å²) in [5.41, 5.74) is 1.77. The Labute approximate surface area is 117 Å². The van der Waals surface area contributed by atoms with Crippen LogP contribution in [0, 0.1) is 0 Å². The van der Waals surface area contributed by atoms with E-state index in [0.29, 0.717) is 24.1 Å². The highest BCUT2D eigenvalue weighted by Crippen LogP contribution is 2.36. The predicted octanol–water partition coefficient (Wildman–Crippen LogP) is 2.30. The van der Waals surface area contributed by atoms with Crippen molar-refractivity contribution in [2.45, 2.75) is 32.1 Å². The van der Waals surface area contributed by atoms with Crippen LogP contribution >= 0.6 is 0 Å². The lowest BCUT2D eigenvalue weighted by Crippen LogP contribution is -2.06. The lowest BCUT2D eigenvalue weighted by atomic mass is 10.2. The summed E-state index contributed by atoms with van der Waals surface area (Å²) in [6, 6.07) is 6.07.